The van der Waals surface area contributed by atoms with E-state index in [0.29, 0.717) is 6.04 Å². The van der Waals surface area contributed by atoms with Crippen LogP contribution in [0.5, 0.6) is 0 Å². The molecule has 2 heterocycles. The van der Waals surface area contributed by atoms with Gasteiger partial charge in [0.1, 0.15) is 0 Å². The summed E-state index contributed by atoms with van der Waals surface area (Å²) in [6.07, 6.45) is 9.45. The Kier molecular flexibility index (Phi) is 5.09. The van der Waals surface area contributed by atoms with Crippen molar-refractivity contribution in [2.45, 2.75) is 44.6 Å². The summed E-state index contributed by atoms with van der Waals surface area (Å²) in [6.45, 7) is 0. The summed E-state index contributed by atoms with van der Waals surface area (Å²) in [5.41, 5.74) is 2.73. The Balaban J connectivity index is 1.78. The van der Waals surface area contributed by atoms with E-state index >= 15 is 0 Å². The summed E-state index contributed by atoms with van der Waals surface area (Å²) in [5.74, 6) is 0. The molecule has 0 radical (unpaired) electrons. The van der Waals surface area contributed by atoms with Crippen molar-refractivity contribution in [3.05, 3.63) is 49.9 Å². The van der Waals surface area contributed by atoms with Crippen LogP contribution in [0.2, 0.25) is 0 Å². The molecule has 0 saturated carbocycles. The number of fused-ring (bicyclic) bond motifs is 1. The van der Waals surface area contributed by atoms with Crippen molar-refractivity contribution in [1.29, 1.82) is 0 Å². The molecule has 1 aliphatic carbocycles. The number of likely N-dealkylation sites (N-methyl/N-ethyl adjacent to an activating group) is 1. The Morgan fingerprint density at radius 1 is 1.29 bits per heavy atom. The fourth-order valence-electron chi connectivity index (χ4n) is 2.94. The highest BCUT2D eigenvalue weighted by atomic mass is 79.9. The largest absolute Gasteiger partial charge is 0.312 e. The van der Waals surface area contributed by atoms with Crippen molar-refractivity contribution in [2.24, 2.45) is 0 Å². The number of aryl methyl sites for hydroxylation is 2. The Bertz CT molecular complexity index is 568. The lowest BCUT2D eigenvalue weighted by molar-refractivity contribution is 0.593. The molecular formula is C17H21BrN2S. The predicted molar refractivity (Wildman–Crippen MR) is 93.0 cm³/mol. The van der Waals surface area contributed by atoms with Gasteiger partial charge in [-0.1, -0.05) is 6.42 Å². The highest BCUT2D eigenvalue weighted by Gasteiger charge is 2.18. The molecule has 3 rings (SSSR count). The van der Waals surface area contributed by atoms with Gasteiger partial charge in [0.2, 0.25) is 0 Å². The second-order valence-corrected chi connectivity index (χ2v) is 7.75. The van der Waals surface area contributed by atoms with E-state index in [1.807, 2.05) is 17.5 Å². The molecule has 0 aliphatic heterocycles. The van der Waals surface area contributed by atoms with Gasteiger partial charge < -0.3 is 5.32 Å². The molecule has 1 N–H and O–H groups in total. The van der Waals surface area contributed by atoms with E-state index in [-0.39, 0.29) is 0 Å². The van der Waals surface area contributed by atoms with Crippen LogP contribution < -0.4 is 5.32 Å². The van der Waals surface area contributed by atoms with Crippen LogP contribution >= 0.6 is 27.3 Å². The molecule has 0 spiro atoms. The van der Waals surface area contributed by atoms with Crippen LogP contribution in [0.1, 0.15) is 46.3 Å². The number of rotatable bonds is 4. The summed E-state index contributed by atoms with van der Waals surface area (Å²) in [7, 11) is 2.05. The Morgan fingerprint density at radius 2 is 2.14 bits per heavy atom. The molecule has 21 heavy (non-hydrogen) atoms. The molecule has 0 bridgehead atoms. The van der Waals surface area contributed by atoms with Crippen LogP contribution in [0.3, 0.4) is 0 Å². The topological polar surface area (TPSA) is 24.9 Å². The zero-order valence-corrected chi connectivity index (χ0v) is 14.8. The first kappa shape index (κ1) is 15.2. The quantitative estimate of drug-likeness (QED) is 0.796. The Hall–Kier alpha value is -0.710. The number of hydrogen-bond acceptors (Lipinski definition) is 3. The highest BCUT2D eigenvalue weighted by molar-refractivity contribution is 9.10. The van der Waals surface area contributed by atoms with E-state index in [1.54, 1.807) is 10.4 Å². The lowest BCUT2D eigenvalue weighted by Gasteiger charge is -2.14. The first-order chi connectivity index (χ1) is 10.3. The molecule has 1 aliphatic rings. The number of thiophene rings is 1. The van der Waals surface area contributed by atoms with Crippen molar-refractivity contribution >= 4 is 27.3 Å². The highest BCUT2D eigenvalue weighted by Crippen LogP contribution is 2.33. The summed E-state index contributed by atoms with van der Waals surface area (Å²) < 4.78 is 1.04. The number of hydrogen-bond donors (Lipinski definition) is 1. The zero-order chi connectivity index (χ0) is 14.7. The zero-order valence-electron chi connectivity index (χ0n) is 12.4. The van der Waals surface area contributed by atoms with Crippen LogP contribution in [0.25, 0.3) is 0 Å². The van der Waals surface area contributed by atoms with Gasteiger partial charge in [-0.3, -0.25) is 4.98 Å². The predicted octanol–water partition coefficient (Wildman–Crippen LogP) is 4.68. The number of halogens is 1. The summed E-state index contributed by atoms with van der Waals surface area (Å²) in [6, 6.07) is 6.98. The number of nitrogens with one attached hydrogen (secondary N) is 1. The molecule has 1 atom stereocenters. The number of nitrogens with zero attached hydrogens (tertiary/aromatic N) is 1. The molecule has 2 nitrogen and oxygen atoms in total. The standard InChI is InChI=1S/C17H21BrN2S/c1-19-15(10-14-8-7-13(18)11-20-14)17-9-12-5-3-2-4-6-16(12)21-17/h7-9,11,15,19H,2-6,10H2,1H3. The minimum atomic E-state index is 0.371. The summed E-state index contributed by atoms with van der Waals surface area (Å²) >= 11 is 5.45. The maximum Gasteiger partial charge on any atom is 0.0468 e. The molecule has 2 aromatic rings. The average Bonchev–Trinajstić information content (AvgIpc) is 2.77. The van der Waals surface area contributed by atoms with Gasteiger partial charge in [-0.05, 0) is 72.4 Å². The molecule has 0 fully saturated rings. The maximum atomic E-state index is 4.51. The van der Waals surface area contributed by atoms with Gasteiger partial charge >= 0.3 is 0 Å². The molecule has 0 aromatic carbocycles. The third-order valence-electron chi connectivity index (χ3n) is 4.16. The van der Waals surface area contributed by atoms with Crippen molar-refractivity contribution < 1.29 is 0 Å². The normalized spacial score (nSPS) is 16.3. The van der Waals surface area contributed by atoms with Crippen molar-refractivity contribution in [3.63, 3.8) is 0 Å². The van der Waals surface area contributed by atoms with Crippen molar-refractivity contribution in [2.75, 3.05) is 7.05 Å². The van der Waals surface area contributed by atoms with Gasteiger partial charge in [0.15, 0.2) is 0 Å². The summed E-state index contributed by atoms with van der Waals surface area (Å²) in [5, 5.41) is 3.46. The monoisotopic (exact) mass is 364 g/mol. The van der Waals surface area contributed by atoms with Crippen molar-refractivity contribution in [1.82, 2.24) is 10.3 Å². The summed E-state index contributed by atoms with van der Waals surface area (Å²) in [4.78, 5) is 7.59. The van der Waals surface area contributed by atoms with Crippen LogP contribution in [0.4, 0.5) is 0 Å². The molecular weight excluding hydrogens is 344 g/mol. The third kappa shape index (κ3) is 3.74. The minimum absolute atomic E-state index is 0.371. The third-order valence-corrected chi connectivity index (χ3v) is 5.98. The second kappa shape index (κ2) is 7.03. The average molecular weight is 365 g/mol. The molecule has 112 valence electrons. The lowest BCUT2D eigenvalue weighted by atomic mass is 10.1. The first-order valence-electron chi connectivity index (χ1n) is 7.65. The van der Waals surface area contributed by atoms with E-state index in [4.69, 9.17) is 0 Å². The Morgan fingerprint density at radius 3 is 2.90 bits per heavy atom. The van der Waals surface area contributed by atoms with E-state index < -0.39 is 0 Å². The van der Waals surface area contributed by atoms with Crippen LogP contribution in [-0.2, 0) is 19.3 Å². The molecule has 4 heteroatoms. The van der Waals surface area contributed by atoms with Gasteiger partial charge in [-0.2, -0.15) is 0 Å². The fourth-order valence-corrected chi connectivity index (χ4v) is 4.55. The van der Waals surface area contributed by atoms with Gasteiger partial charge in [0, 0.05) is 38.6 Å². The molecule has 1 unspecified atom stereocenters. The maximum absolute atomic E-state index is 4.51. The molecule has 0 saturated heterocycles. The molecule has 2 aromatic heterocycles. The first-order valence-corrected chi connectivity index (χ1v) is 9.26. The number of aromatic nitrogens is 1. The van der Waals surface area contributed by atoms with Crippen molar-refractivity contribution in [3.8, 4) is 0 Å². The van der Waals surface area contributed by atoms with E-state index in [0.717, 1.165) is 16.6 Å². The van der Waals surface area contributed by atoms with E-state index in [9.17, 15) is 0 Å². The van der Waals surface area contributed by atoms with E-state index in [1.165, 1.54) is 37.0 Å². The lowest BCUT2D eigenvalue weighted by Crippen LogP contribution is -2.18. The minimum Gasteiger partial charge on any atom is -0.312 e. The SMILES string of the molecule is CNC(Cc1ccc(Br)cn1)c1cc2c(s1)CCCCC2. The fraction of sp³-hybridized carbons (Fsp3) is 0.471. The van der Waals surface area contributed by atoms with E-state index in [2.05, 4.69) is 51.5 Å². The second-order valence-electron chi connectivity index (χ2n) is 5.67. The van der Waals surface area contributed by atoms with Crippen LogP contribution in [0, 0.1) is 0 Å². The van der Waals surface area contributed by atoms with Gasteiger partial charge in [-0.25, -0.2) is 0 Å². The van der Waals surface area contributed by atoms with Gasteiger partial charge in [0.25, 0.3) is 0 Å². The van der Waals surface area contributed by atoms with Crippen LogP contribution in [-0.4, -0.2) is 12.0 Å². The smallest absolute Gasteiger partial charge is 0.0468 e. The van der Waals surface area contributed by atoms with Gasteiger partial charge in [-0.15, -0.1) is 11.3 Å². The number of pyridine rings is 1. The molecule has 0 amide bonds. The Labute approximate surface area is 139 Å². The van der Waals surface area contributed by atoms with Crippen LogP contribution in [0.15, 0.2) is 28.9 Å². The van der Waals surface area contributed by atoms with Gasteiger partial charge in [0.05, 0.1) is 0 Å².